The molecule has 0 saturated heterocycles. The van der Waals surface area contributed by atoms with Gasteiger partial charge in [-0.05, 0) is 43.7 Å². The van der Waals surface area contributed by atoms with E-state index in [1.165, 1.54) is 6.08 Å². The molecule has 0 aliphatic rings. The predicted molar refractivity (Wildman–Crippen MR) is 78.0 cm³/mol. The minimum absolute atomic E-state index is 0.0432. The summed E-state index contributed by atoms with van der Waals surface area (Å²) >= 11 is 0. The number of carbonyl (C=O) groups is 1. The molecule has 4 heteroatoms. The van der Waals surface area contributed by atoms with Crippen LogP contribution in [0.5, 0.6) is 0 Å². The number of primary amides is 1. The monoisotopic (exact) mass is 265 g/mol. The molecule has 1 aromatic heterocycles. The van der Waals surface area contributed by atoms with Crippen molar-refractivity contribution < 1.29 is 4.79 Å². The molecule has 0 atom stereocenters. The molecule has 0 aliphatic carbocycles. The molecule has 100 valence electrons. The molecule has 0 spiro atoms. The van der Waals surface area contributed by atoms with Crippen LogP contribution in [0.3, 0.4) is 0 Å². The Morgan fingerprint density at radius 1 is 1.30 bits per heavy atom. The van der Waals surface area contributed by atoms with Crippen molar-refractivity contribution in [3.63, 3.8) is 0 Å². The van der Waals surface area contributed by atoms with Crippen molar-refractivity contribution in [2.75, 3.05) is 0 Å². The van der Waals surface area contributed by atoms with Crippen LogP contribution in [0, 0.1) is 25.2 Å². The number of hydrogen-bond donors (Lipinski definition) is 1. The molecule has 0 saturated carbocycles. The molecule has 2 N–H and O–H groups in total. The summed E-state index contributed by atoms with van der Waals surface area (Å²) in [6.07, 6.45) is 1.53. The van der Waals surface area contributed by atoms with Gasteiger partial charge in [0.1, 0.15) is 11.6 Å². The maximum Gasteiger partial charge on any atom is 0.259 e. The Labute approximate surface area is 117 Å². The van der Waals surface area contributed by atoms with Gasteiger partial charge in [0.2, 0.25) is 0 Å². The highest BCUT2D eigenvalue weighted by atomic mass is 16.1. The number of aromatic nitrogens is 1. The van der Waals surface area contributed by atoms with E-state index in [1.807, 2.05) is 56.3 Å². The maximum absolute atomic E-state index is 11.1. The Morgan fingerprint density at radius 2 is 1.95 bits per heavy atom. The molecule has 0 radical (unpaired) electrons. The molecule has 2 rings (SSSR count). The lowest BCUT2D eigenvalue weighted by atomic mass is 10.1. The zero-order valence-corrected chi connectivity index (χ0v) is 11.4. The summed E-state index contributed by atoms with van der Waals surface area (Å²) in [5.41, 5.74) is 8.97. The third kappa shape index (κ3) is 2.47. The first-order chi connectivity index (χ1) is 9.54. The number of nitrogens with zero attached hydrogens (tertiary/aromatic N) is 2. The van der Waals surface area contributed by atoms with E-state index in [-0.39, 0.29) is 5.57 Å². The number of nitriles is 1. The van der Waals surface area contributed by atoms with Crippen LogP contribution in [0.25, 0.3) is 11.8 Å². The summed E-state index contributed by atoms with van der Waals surface area (Å²) in [6, 6.07) is 13.7. The molecule has 1 aromatic carbocycles. The van der Waals surface area contributed by atoms with Crippen LogP contribution in [0.15, 0.2) is 42.0 Å². The third-order valence-electron chi connectivity index (χ3n) is 3.17. The van der Waals surface area contributed by atoms with Crippen molar-refractivity contribution in [1.82, 2.24) is 4.57 Å². The Bertz CT molecular complexity index is 718. The van der Waals surface area contributed by atoms with Crippen molar-refractivity contribution in [2.24, 2.45) is 5.73 Å². The third-order valence-corrected chi connectivity index (χ3v) is 3.17. The average Bonchev–Trinajstić information content (AvgIpc) is 2.71. The maximum atomic E-state index is 11.1. The Morgan fingerprint density at radius 3 is 2.50 bits per heavy atom. The first kappa shape index (κ1) is 13.6. The SMILES string of the molecule is Cc1cc(/C=C(\C#N)C(N)=O)c(C)n1-c1ccccc1. The van der Waals surface area contributed by atoms with Crippen LogP contribution < -0.4 is 5.73 Å². The molecule has 0 unspecified atom stereocenters. The van der Waals surface area contributed by atoms with Gasteiger partial charge in [-0.3, -0.25) is 4.79 Å². The topological polar surface area (TPSA) is 71.8 Å². The van der Waals surface area contributed by atoms with Crippen molar-refractivity contribution in [1.29, 1.82) is 5.26 Å². The van der Waals surface area contributed by atoms with Gasteiger partial charge in [-0.1, -0.05) is 18.2 Å². The summed E-state index contributed by atoms with van der Waals surface area (Å²) in [4.78, 5) is 11.1. The zero-order valence-electron chi connectivity index (χ0n) is 11.4. The summed E-state index contributed by atoms with van der Waals surface area (Å²) in [6.45, 7) is 3.93. The lowest BCUT2D eigenvalue weighted by Crippen LogP contribution is -2.12. The highest BCUT2D eigenvalue weighted by Crippen LogP contribution is 2.22. The predicted octanol–water partition coefficient (Wildman–Crippen LogP) is 2.49. The average molecular weight is 265 g/mol. The van der Waals surface area contributed by atoms with Crippen LogP contribution in [-0.2, 0) is 4.79 Å². The Balaban J connectivity index is 2.56. The minimum atomic E-state index is -0.711. The molecule has 4 nitrogen and oxygen atoms in total. The fourth-order valence-corrected chi connectivity index (χ4v) is 2.22. The number of benzene rings is 1. The first-order valence-corrected chi connectivity index (χ1v) is 6.20. The molecule has 1 heterocycles. The number of aryl methyl sites for hydroxylation is 1. The van der Waals surface area contributed by atoms with Gasteiger partial charge in [-0.2, -0.15) is 5.26 Å². The summed E-state index contributed by atoms with van der Waals surface area (Å²) < 4.78 is 2.07. The van der Waals surface area contributed by atoms with E-state index < -0.39 is 5.91 Å². The molecule has 20 heavy (non-hydrogen) atoms. The zero-order chi connectivity index (χ0) is 14.7. The van der Waals surface area contributed by atoms with Gasteiger partial charge in [0, 0.05) is 17.1 Å². The van der Waals surface area contributed by atoms with Crippen LogP contribution in [0.1, 0.15) is 17.0 Å². The second kappa shape index (κ2) is 5.45. The van der Waals surface area contributed by atoms with Crippen LogP contribution in [0.4, 0.5) is 0 Å². The van der Waals surface area contributed by atoms with Gasteiger partial charge in [0.15, 0.2) is 0 Å². The van der Waals surface area contributed by atoms with E-state index in [1.54, 1.807) is 0 Å². The molecular weight excluding hydrogens is 250 g/mol. The highest BCUT2D eigenvalue weighted by molar-refractivity contribution is 6.00. The second-order valence-corrected chi connectivity index (χ2v) is 4.53. The molecule has 1 amide bonds. The van der Waals surface area contributed by atoms with Gasteiger partial charge < -0.3 is 10.3 Å². The lowest BCUT2D eigenvalue weighted by molar-refractivity contribution is -0.114. The van der Waals surface area contributed by atoms with Gasteiger partial charge >= 0.3 is 0 Å². The number of rotatable bonds is 3. The Kier molecular flexibility index (Phi) is 3.72. The van der Waals surface area contributed by atoms with E-state index in [2.05, 4.69) is 4.57 Å². The number of nitrogens with two attached hydrogens (primary N) is 1. The largest absolute Gasteiger partial charge is 0.365 e. The van der Waals surface area contributed by atoms with Crippen molar-refractivity contribution >= 4 is 12.0 Å². The van der Waals surface area contributed by atoms with E-state index in [0.717, 1.165) is 22.6 Å². The van der Waals surface area contributed by atoms with E-state index in [4.69, 9.17) is 11.0 Å². The molecular formula is C16H15N3O. The van der Waals surface area contributed by atoms with Gasteiger partial charge in [-0.25, -0.2) is 0 Å². The number of amides is 1. The smallest absolute Gasteiger partial charge is 0.259 e. The van der Waals surface area contributed by atoms with Gasteiger partial charge in [0.05, 0.1) is 0 Å². The van der Waals surface area contributed by atoms with Crippen molar-refractivity contribution in [3.8, 4) is 11.8 Å². The van der Waals surface area contributed by atoms with E-state index in [9.17, 15) is 4.79 Å². The van der Waals surface area contributed by atoms with Crippen molar-refractivity contribution in [2.45, 2.75) is 13.8 Å². The number of para-hydroxylation sites is 1. The van der Waals surface area contributed by atoms with Crippen LogP contribution >= 0.6 is 0 Å². The number of hydrogen-bond acceptors (Lipinski definition) is 2. The van der Waals surface area contributed by atoms with Crippen LogP contribution in [0.2, 0.25) is 0 Å². The molecule has 0 bridgehead atoms. The Hall–Kier alpha value is -2.80. The molecule has 0 fully saturated rings. The van der Waals surface area contributed by atoms with Crippen molar-refractivity contribution in [3.05, 3.63) is 58.9 Å². The normalized spacial score (nSPS) is 11.2. The lowest BCUT2D eigenvalue weighted by Gasteiger charge is -2.09. The quantitative estimate of drug-likeness (QED) is 0.684. The van der Waals surface area contributed by atoms with E-state index in [0.29, 0.717) is 0 Å². The minimum Gasteiger partial charge on any atom is -0.365 e. The summed E-state index contributed by atoms with van der Waals surface area (Å²) in [5.74, 6) is -0.711. The number of carbonyl (C=O) groups excluding carboxylic acids is 1. The first-order valence-electron chi connectivity index (χ1n) is 6.20. The standard InChI is InChI=1S/C16H15N3O/c1-11-8-13(9-14(10-17)16(18)20)12(2)19(11)15-6-4-3-5-7-15/h3-9H,1-2H3,(H2,18,20)/b14-9+. The fourth-order valence-electron chi connectivity index (χ4n) is 2.22. The fraction of sp³-hybridized carbons (Fsp3) is 0.125. The van der Waals surface area contributed by atoms with Crippen LogP contribution in [-0.4, -0.2) is 10.5 Å². The highest BCUT2D eigenvalue weighted by Gasteiger charge is 2.11. The molecule has 2 aromatic rings. The summed E-state index contributed by atoms with van der Waals surface area (Å²) in [5, 5.41) is 8.92. The van der Waals surface area contributed by atoms with E-state index >= 15 is 0 Å². The van der Waals surface area contributed by atoms with Gasteiger partial charge in [-0.15, -0.1) is 0 Å². The van der Waals surface area contributed by atoms with Gasteiger partial charge in [0.25, 0.3) is 5.91 Å². The second-order valence-electron chi connectivity index (χ2n) is 4.53. The summed E-state index contributed by atoms with van der Waals surface area (Å²) in [7, 11) is 0. The molecule has 0 aliphatic heterocycles.